The Bertz CT molecular complexity index is 606. The Morgan fingerprint density at radius 2 is 2.05 bits per heavy atom. The number of carbonyl (C=O) groups is 1. The van der Waals surface area contributed by atoms with Gasteiger partial charge in [-0.2, -0.15) is 0 Å². The van der Waals surface area contributed by atoms with E-state index in [0.717, 1.165) is 16.2 Å². The quantitative estimate of drug-likeness (QED) is 0.862. The molecule has 1 atom stereocenters. The van der Waals surface area contributed by atoms with Crippen molar-refractivity contribution in [3.05, 3.63) is 24.3 Å². The summed E-state index contributed by atoms with van der Waals surface area (Å²) in [5.41, 5.74) is 2.06. The van der Waals surface area contributed by atoms with Crippen LogP contribution in [-0.4, -0.2) is 27.3 Å². The minimum atomic E-state index is 0.0586. The largest absolute Gasteiger partial charge is 0.353 e. The molecule has 0 spiro atoms. The Balaban J connectivity index is 1.99. The van der Waals surface area contributed by atoms with Crippen molar-refractivity contribution in [3.8, 4) is 0 Å². The SMILES string of the molecule is CC(C)[C@@H](C)NC(=O)CSc1nc2ccccc2n1C. The van der Waals surface area contributed by atoms with Crippen LogP contribution in [0, 0.1) is 5.92 Å². The van der Waals surface area contributed by atoms with Gasteiger partial charge in [-0.25, -0.2) is 4.98 Å². The molecule has 1 aromatic heterocycles. The zero-order valence-electron chi connectivity index (χ0n) is 12.4. The van der Waals surface area contributed by atoms with Crippen molar-refractivity contribution in [2.45, 2.75) is 32.0 Å². The number of thioether (sulfide) groups is 1. The molecule has 5 heteroatoms. The number of hydrogen-bond donors (Lipinski definition) is 1. The second-order valence-corrected chi connectivity index (χ2v) is 6.27. The highest BCUT2D eigenvalue weighted by atomic mass is 32.2. The lowest BCUT2D eigenvalue weighted by atomic mass is 10.1. The monoisotopic (exact) mass is 291 g/mol. The van der Waals surface area contributed by atoms with Gasteiger partial charge in [-0.1, -0.05) is 37.7 Å². The van der Waals surface area contributed by atoms with E-state index in [4.69, 9.17) is 0 Å². The number of nitrogens with one attached hydrogen (secondary N) is 1. The summed E-state index contributed by atoms with van der Waals surface area (Å²) in [6.07, 6.45) is 0. The van der Waals surface area contributed by atoms with Crippen molar-refractivity contribution in [3.63, 3.8) is 0 Å². The Morgan fingerprint density at radius 1 is 1.35 bits per heavy atom. The van der Waals surface area contributed by atoms with Gasteiger partial charge in [-0.15, -0.1) is 0 Å². The van der Waals surface area contributed by atoms with Crippen LogP contribution in [0.4, 0.5) is 0 Å². The first-order valence-corrected chi connectivity index (χ1v) is 7.81. The molecule has 0 aliphatic rings. The molecule has 0 unspecified atom stereocenters. The number of aryl methyl sites for hydroxylation is 1. The number of rotatable bonds is 5. The average Bonchev–Trinajstić information content (AvgIpc) is 2.73. The van der Waals surface area contributed by atoms with Crippen molar-refractivity contribution < 1.29 is 4.79 Å². The molecule has 1 heterocycles. The summed E-state index contributed by atoms with van der Waals surface area (Å²) in [5, 5.41) is 3.88. The predicted octanol–water partition coefficient (Wildman–Crippen LogP) is 2.83. The molecule has 0 saturated carbocycles. The Hall–Kier alpha value is -1.49. The molecule has 0 bridgehead atoms. The number of hydrogen-bond acceptors (Lipinski definition) is 3. The molecule has 1 aromatic carbocycles. The van der Waals surface area contributed by atoms with Gasteiger partial charge in [0.25, 0.3) is 0 Å². The van der Waals surface area contributed by atoms with Crippen LogP contribution < -0.4 is 5.32 Å². The van der Waals surface area contributed by atoms with E-state index in [2.05, 4.69) is 24.1 Å². The molecule has 2 rings (SSSR count). The molecule has 0 saturated heterocycles. The lowest BCUT2D eigenvalue weighted by molar-refractivity contribution is -0.119. The first-order chi connectivity index (χ1) is 9.49. The van der Waals surface area contributed by atoms with Crippen molar-refractivity contribution in [1.82, 2.24) is 14.9 Å². The van der Waals surface area contributed by atoms with E-state index < -0.39 is 0 Å². The maximum Gasteiger partial charge on any atom is 0.230 e. The normalized spacial score (nSPS) is 12.8. The molecule has 0 aliphatic heterocycles. The Morgan fingerprint density at radius 3 is 2.70 bits per heavy atom. The fourth-order valence-electron chi connectivity index (χ4n) is 1.84. The third-order valence-electron chi connectivity index (χ3n) is 3.47. The van der Waals surface area contributed by atoms with Gasteiger partial charge < -0.3 is 9.88 Å². The van der Waals surface area contributed by atoms with Crippen molar-refractivity contribution in [1.29, 1.82) is 0 Å². The van der Waals surface area contributed by atoms with Gasteiger partial charge in [-0.3, -0.25) is 4.79 Å². The van der Waals surface area contributed by atoms with E-state index in [1.54, 1.807) is 0 Å². The molecule has 0 aliphatic carbocycles. The van der Waals surface area contributed by atoms with Crippen molar-refractivity contribution >= 4 is 28.7 Å². The van der Waals surface area contributed by atoms with Crippen LogP contribution in [-0.2, 0) is 11.8 Å². The molecule has 4 nitrogen and oxygen atoms in total. The van der Waals surface area contributed by atoms with E-state index in [-0.39, 0.29) is 11.9 Å². The minimum absolute atomic E-state index is 0.0586. The average molecular weight is 291 g/mol. The molecule has 0 fully saturated rings. The highest BCUT2D eigenvalue weighted by molar-refractivity contribution is 7.99. The van der Waals surface area contributed by atoms with Gasteiger partial charge in [-0.05, 0) is 25.0 Å². The van der Waals surface area contributed by atoms with Crippen LogP contribution in [0.1, 0.15) is 20.8 Å². The van der Waals surface area contributed by atoms with Crippen LogP contribution >= 0.6 is 11.8 Å². The topological polar surface area (TPSA) is 46.9 Å². The number of para-hydroxylation sites is 2. The summed E-state index contributed by atoms with van der Waals surface area (Å²) in [5.74, 6) is 0.900. The van der Waals surface area contributed by atoms with Crippen LogP contribution in [0.5, 0.6) is 0 Å². The van der Waals surface area contributed by atoms with E-state index in [0.29, 0.717) is 11.7 Å². The highest BCUT2D eigenvalue weighted by Gasteiger charge is 2.13. The van der Waals surface area contributed by atoms with E-state index in [1.807, 2.05) is 42.8 Å². The van der Waals surface area contributed by atoms with Crippen molar-refractivity contribution in [2.24, 2.45) is 13.0 Å². The second-order valence-electron chi connectivity index (χ2n) is 5.33. The molecule has 108 valence electrons. The maximum atomic E-state index is 11.9. The number of fused-ring (bicyclic) bond motifs is 1. The van der Waals surface area contributed by atoms with Gasteiger partial charge in [0.15, 0.2) is 5.16 Å². The summed E-state index contributed by atoms with van der Waals surface area (Å²) in [4.78, 5) is 16.4. The zero-order valence-corrected chi connectivity index (χ0v) is 13.2. The number of benzene rings is 1. The van der Waals surface area contributed by atoms with Gasteiger partial charge >= 0.3 is 0 Å². The van der Waals surface area contributed by atoms with Crippen LogP contribution in [0.3, 0.4) is 0 Å². The van der Waals surface area contributed by atoms with Crippen LogP contribution in [0.2, 0.25) is 0 Å². The highest BCUT2D eigenvalue weighted by Crippen LogP contribution is 2.22. The zero-order chi connectivity index (χ0) is 14.7. The van der Waals surface area contributed by atoms with Gasteiger partial charge in [0.1, 0.15) is 0 Å². The molecular weight excluding hydrogens is 270 g/mol. The molecule has 20 heavy (non-hydrogen) atoms. The molecule has 1 N–H and O–H groups in total. The minimum Gasteiger partial charge on any atom is -0.353 e. The van der Waals surface area contributed by atoms with Gasteiger partial charge in [0.2, 0.25) is 5.91 Å². The Labute approximate surface area is 124 Å². The first kappa shape index (κ1) is 14.9. The number of nitrogens with zero attached hydrogens (tertiary/aromatic N) is 2. The van der Waals surface area contributed by atoms with Gasteiger partial charge in [0, 0.05) is 13.1 Å². The number of imidazole rings is 1. The lowest BCUT2D eigenvalue weighted by Gasteiger charge is -2.17. The fourth-order valence-corrected chi connectivity index (χ4v) is 2.64. The molecule has 1 amide bonds. The third-order valence-corrected chi connectivity index (χ3v) is 4.50. The Kier molecular flexibility index (Phi) is 4.70. The predicted molar refractivity (Wildman–Crippen MR) is 83.9 cm³/mol. The van der Waals surface area contributed by atoms with Crippen molar-refractivity contribution in [2.75, 3.05) is 5.75 Å². The molecular formula is C15H21N3OS. The maximum absolute atomic E-state index is 11.9. The smallest absolute Gasteiger partial charge is 0.230 e. The summed E-state index contributed by atoms with van der Waals surface area (Å²) in [7, 11) is 1.98. The standard InChI is InChI=1S/C15H21N3OS/c1-10(2)11(3)16-14(19)9-20-15-17-12-7-5-6-8-13(12)18(15)4/h5-8,10-11H,9H2,1-4H3,(H,16,19)/t11-/m1/s1. The fraction of sp³-hybridized carbons (Fsp3) is 0.467. The first-order valence-electron chi connectivity index (χ1n) is 6.82. The summed E-state index contributed by atoms with van der Waals surface area (Å²) in [6, 6.07) is 8.19. The number of aromatic nitrogens is 2. The molecule has 0 radical (unpaired) electrons. The summed E-state index contributed by atoms with van der Waals surface area (Å²) >= 11 is 1.47. The summed E-state index contributed by atoms with van der Waals surface area (Å²) < 4.78 is 2.03. The van der Waals surface area contributed by atoms with Gasteiger partial charge in [0.05, 0.1) is 16.8 Å². The third kappa shape index (κ3) is 3.33. The lowest BCUT2D eigenvalue weighted by Crippen LogP contribution is -2.37. The van der Waals surface area contributed by atoms with E-state index >= 15 is 0 Å². The number of amides is 1. The number of carbonyl (C=O) groups excluding carboxylic acids is 1. The van der Waals surface area contributed by atoms with E-state index in [1.165, 1.54) is 11.8 Å². The molecule has 2 aromatic rings. The van der Waals surface area contributed by atoms with E-state index in [9.17, 15) is 4.79 Å². The second kappa shape index (κ2) is 6.31. The van der Waals surface area contributed by atoms with Crippen LogP contribution in [0.25, 0.3) is 11.0 Å². The summed E-state index contributed by atoms with van der Waals surface area (Å²) in [6.45, 7) is 6.23. The van der Waals surface area contributed by atoms with Crippen LogP contribution in [0.15, 0.2) is 29.4 Å².